The zero-order valence-electron chi connectivity index (χ0n) is 9.17. The molecule has 0 radical (unpaired) electrons. The van der Waals surface area contributed by atoms with Gasteiger partial charge in [-0.1, -0.05) is 0 Å². The first-order valence-corrected chi connectivity index (χ1v) is 6.06. The maximum absolute atomic E-state index is 5.23. The van der Waals surface area contributed by atoms with Crippen LogP contribution < -0.4 is 5.32 Å². The number of rotatable bonds is 6. The Morgan fingerprint density at radius 2 is 2.36 bits per heavy atom. The van der Waals surface area contributed by atoms with E-state index in [1.54, 1.807) is 6.26 Å². The van der Waals surface area contributed by atoms with Crippen LogP contribution in [-0.4, -0.2) is 18.8 Å². The van der Waals surface area contributed by atoms with Crippen molar-refractivity contribution in [3.05, 3.63) is 18.1 Å². The molecule has 1 unspecified atom stereocenters. The van der Waals surface area contributed by atoms with Crippen molar-refractivity contribution in [1.82, 2.24) is 5.32 Å². The molecule has 0 aliphatic carbocycles. The Morgan fingerprint density at radius 1 is 1.57 bits per heavy atom. The second-order valence-electron chi connectivity index (χ2n) is 3.52. The SMILES string of the molecule is CNC(C)CCCSc1ccoc1C. The number of nitrogens with one attached hydrogen (secondary N) is 1. The van der Waals surface area contributed by atoms with Crippen molar-refractivity contribution in [3.8, 4) is 0 Å². The molecule has 0 spiro atoms. The Balaban J connectivity index is 2.13. The standard InChI is InChI=1S/C11H19NOS/c1-9(12-3)5-4-8-14-11-6-7-13-10(11)2/h6-7,9,12H,4-5,8H2,1-3H3. The van der Waals surface area contributed by atoms with Crippen LogP contribution in [0.15, 0.2) is 21.6 Å². The summed E-state index contributed by atoms with van der Waals surface area (Å²) in [7, 11) is 2.01. The Morgan fingerprint density at radius 3 is 2.93 bits per heavy atom. The smallest absolute Gasteiger partial charge is 0.114 e. The van der Waals surface area contributed by atoms with Crippen molar-refractivity contribution in [3.63, 3.8) is 0 Å². The van der Waals surface area contributed by atoms with Gasteiger partial charge in [0.15, 0.2) is 0 Å². The van der Waals surface area contributed by atoms with Crippen molar-refractivity contribution >= 4 is 11.8 Å². The Bertz CT molecular complexity index is 260. The second-order valence-corrected chi connectivity index (χ2v) is 4.66. The summed E-state index contributed by atoms with van der Waals surface area (Å²) in [4.78, 5) is 1.28. The van der Waals surface area contributed by atoms with Crippen LogP contribution in [0.1, 0.15) is 25.5 Å². The molecule has 0 aliphatic rings. The minimum absolute atomic E-state index is 0.626. The third-order valence-corrected chi connectivity index (χ3v) is 3.57. The highest BCUT2D eigenvalue weighted by atomic mass is 32.2. The van der Waals surface area contributed by atoms with Crippen molar-refractivity contribution in [2.45, 2.75) is 37.6 Å². The molecule has 1 atom stereocenters. The molecule has 0 fully saturated rings. The second kappa shape index (κ2) is 6.14. The van der Waals surface area contributed by atoms with E-state index in [-0.39, 0.29) is 0 Å². The first-order valence-electron chi connectivity index (χ1n) is 5.08. The van der Waals surface area contributed by atoms with Gasteiger partial charge in [0.05, 0.1) is 6.26 Å². The van der Waals surface area contributed by atoms with Gasteiger partial charge in [0.1, 0.15) is 5.76 Å². The van der Waals surface area contributed by atoms with E-state index < -0.39 is 0 Å². The molecule has 1 aromatic heterocycles. The number of hydrogen-bond donors (Lipinski definition) is 1. The van der Waals surface area contributed by atoms with Crippen LogP contribution >= 0.6 is 11.8 Å². The Hall–Kier alpha value is -0.410. The molecule has 1 heterocycles. The van der Waals surface area contributed by atoms with Crippen molar-refractivity contribution in [2.24, 2.45) is 0 Å². The van der Waals surface area contributed by atoms with E-state index >= 15 is 0 Å². The largest absolute Gasteiger partial charge is 0.468 e. The van der Waals surface area contributed by atoms with Gasteiger partial charge in [-0.25, -0.2) is 0 Å². The minimum Gasteiger partial charge on any atom is -0.468 e. The van der Waals surface area contributed by atoms with Gasteiger partial charge < -0.3 is 9.73 Å². The maximum atomic E-state index is 5.23. The minimum atomic E-state index is 0.626. The molecule has 1 rings (SSSR count). The average molecular weight is 213 g/mol. The predicted octanol–water partition coefficient (Wildman–Crippen LogP) is 3.07. The van der Waals surface area contributed by atoms with Gasteiger partial charge >= 0.3 is 0 Å². The lowest BCUT2D eigenvalue weighted by Gasteiger charge is -2.08. The molecule has 3 heteroatoms. The summed E-state index contributed by atoms with van der Waals surface area (Å²) in [5.41, 5.74) is 0. The summed E-state index contributed by atoms with van der Waals surface area (Å²) in [5.74, 6) is 2.21. The molecule has 0 saturated carbocycles. The summed E-state index contributed by atoms with van der Waals surface area (Å²) in [6, 6.07) is 2.67. The topological polar surface area (TPSA) is 25.2 Å². The Kier molecular flexibility index (Phi) is 5.12. The third-order valence-electron chi connectivity index (χ3n) is 2.34. The summed E-state index contributed by atoms with van der Waals surface area (Å²) < 4.78 is 5.23. The first kappa shape index (κ1) is 11.7. The maximum Gasteiger partial charge on any atom is 0.114 e. The van der Waals surface area contributed by atoms with E-state index in [1.807, 2.05) is 31.8 Å². The van der Waals surface area contributed by atoms with E-state index in [0.717, 1.165) is 5.76 Å². The number of thioether (sulfide) groups is 1. The fraction of sp³-hybridized carbons (Fsp3) is 0.636. The summed E-state index contributed by atoms with van der Waals surface area (Å²) >= 11 is 1.88. The molecule has 0 aliphatic heterocycles. The first-order chi connectivity index (χ1) is 6.74. The molecule has 0 bridgehead atoms. The molecule has 0 amide bonds. The van der Waals surface area contributed by atoms with Crippen LogP contribution in [0, 0.1) is 6.92 Å². The van der Waals surface area contributed by atoms with Crippen LogP contribution in [-0.2, 0) is 0 Å². The number of hydrogen-bond acceptors (Lipinski definition) is 3. The third kappa shape index (κ3) is 3.76. The number of aryl methyl sites for hydroxylation is 1. The zero-order chi connectivity index (χ0) is 10.4. The van der Waals surface area contributed by atoms with Crippen LogP contribution in [0.3, 0.4) is 0 Å². The van der Waals surface area contributed by atoms with Gasteiger partial charge in [-0.3, -0.25) is 0 Å². The fourth-order valence-electron chi connectivity index (χ4n) is 1.24. The molecule has 1 aromatic rings. The summed E-state index contributed by atoms with van der Waals surface area (Å²) in [6.45, 7) is 4.23. The highest BCUT2D eigenvalue weighted by Gasteiger charge is 2.02. The van der Waals surface area contributed by atoms with E-state index in [1.165, 1.54) is 23.5 Å². The van der Waals surface area contributed by atoms with Gasteiger partial charge in [0, 0.05) is 10.9 Å². The normalized spacial score (nSPS) is 13.1. The van der Waals surface area contributed by atoms with Crippen LogP contribution in [0.5, 0.6) is 0 Å². The lowest BCUT2D eigenvalue weighted by molar-refractivity contribution is 0.526. The monoisotopic (exact) mass is 213 g/mol. The van der Waals surface area contributed by atoms with Gasteiger partial charge in [-0.2, -0.15) is 0 Å². The zero-order valence-corrected chi connectivity index (χ0v) is 9.99. The van der Waals surface area contributed by atoms with Crippen LogP contribution in [0.2, 0.25) is 0 Å². The molecule has 14 heavy (non-hydrogen) atoms. The van der Waals surface area contributed by atoms with Gasteiger partial charge in [-0.15, -0.1) is 11.8 Å². The lowest BCUT2D eigenvalue weighted by Crippen LogP contribution is -2.20. The van der Waals surface area contributed by atoms with E-state index in [0.29, 0.717) is 6.04 Å². The van der Waals surface area contributed by atoms with Crippen LogP contribution in [0.4, 0.5) is 0 Å². The predicted molar refractivity (Wildman–Crippen MR) is 61.9 cm³/mol. The quantitative estimate of drug-likeness (QED) is 0.581. The summed E-state index contributed by atoms with van der Waals surface area (Å²) in [6.07, 6.45) is 4.24. The molecular formula is C11H19NOS. The van der Waals surface area contributed by atoms with Gasteiger partial charge in [-0.05, 0) is 45.6 Å². The van der Waals surface area contributed by atoms with Gasteiger partial charge in [0.2, 0.25) is 0 Å². The fourth-order valence-corrected chi connectivity index (χ4v) is 2.17. The van der Waals surface area contributed by atoms with Crippen molar-refractivity contribution < 1.29 is 4.42 Å². The molecule has 1 N–H and O–H groups in total. The van der Waals surface area contributed by atoms with E-state index in [4.69, 9.17) is 4.42 Å². The van der Waals surface area contributed by atoms with E-state index in [2.05, 4.69) is 12.2 Å². The highest BCUT2D eigenvalue weighted by Crippen LogP contribution is 2.24. The molecular weight excluding hydrogens is 194 g/mol. The Labute approximate surface area is 90.5 Å². The van der Waals surface area contributed by atoms with E-state index in [9.17, 15) is 0 Å². The molecule has 0 saturated heterocycles. The summed E-state index contributed by atoms with van der Waals surface area (Å²) in [5, 5.41) is 3.24. The molecule has 0 aromatic carbocycles. The number of furan rings is 1. The highest BCUT2D eigenvalue weighted by molar-refractivity contribution is 7.99. The molecule has 80 valence electrons. The van der Waals surface area contributed by atoms with Crippen LogP contribution in [0.25, 0.3) is 0 Å². The molecule has 2 nitrogen and oxygen atoms in total. The van der Waals surface area contributed by atoms with Crippen molar-refractivity contribution in [2.75, 3.05) is 12.8 Å². The average Bonchev–Trinajstić information content (AvgIpc) is 2.58. The van der Waals surface area contributed by atoms with Gasteiger partial charge in [0.25, 0.3) is 0 Å². The van der Waals surface area contributed by atoms with Crippen molar-refractivity contribution in [1.29, 1.82) is 0 Å². The lowest BCUT2D eigenvalue weighted by atomic mass is 10.2.